The molecule has 1 saturated heterocycles. The van der Waals surface area contributed by atoms with Gasteiger partial charge >= 0.3 is 6.18 Å². The third kappa shape index (κ3) is 4.12. The summed E-state index contributed by atoms with van der Waals surface area (Å²) in [6.07, 6.45) is -2.94. The molecule has 0 bridgehead atoms. The van der Waals surface area contributed by atoms with Crippen LogP contribution in [0.15, 0.2) is 12.4 Å². The van der Waals surface area contributed by atoms with Crippen molar-refractivity contribution in [2.75, 3.05) is 30.4 Å². The summed E-state index contributed by atoms with van der Waals surface area (Å²) < 4.78 is 38.4. The number of carbonyl (C=O) groups is 1. The van der Waals surface area contributed by atoms with Crippen molar-refractivity contribution in [1.29, 1.82) is 0 Å². The molecule has 2 aromatic rings. The predicted molar refractivity (Wildman–Crippen MR) is 96.2 cm³/mol. The molecule has 3 rings (SSSR count). The molecule has 3 heterocycles. The molecule has 0 aliphatic carbocycles. The number of nitrogens with one attached hydrogen (secondary N) is 2. The van der Waals surface area contributed by atoms with Gasteiger partial charge in [0.25, 0.3) is 5.91 Å². The first-order valence-electron chi connectivity index (χ1n) is 8.67. The molecular weight excluding hydrogens is 375 g/mol. The van der Waals surface area contributed by atoms with Crippen LogP contribution >= 0.6 is 0 Å². The van der Waals surface area contributed by atoms with E-state index in [0.717, 1.165) is 18.0 Å². The Morgan fingerprint density at radius 2 is 2.00 bits per heavy atom. The van der Waals surface area contributed by atoms with Gasteiger partial charge in [0, 0.05) is 43.5 Å². The molecule has 150 valence electrons. The zero-order valence-corrected chi connectivity index (χ0v) is 15.6. The second-order valence-electron chi connectivity index (χ2n) is 6.52. The summed E-state index contributed by atoms with van der Waals surface area (Å²) in [6, 6.07) is 0.779. The normalized spacial score (nSPS) is 16.9. The first kappa shape index (κ1) is 19.8. The molecule has 1 amide bonds. The van der Waals surface area contributed by atoms with Gasteiger partial charge < -0.3 is 15.5 Å². The van der Waals surface area contributed by atoms with E-state index in [9.17, 15) is 18.0 Å². The van der Waals surface area contributed by atoms with Crippen molar-refractivity contribution in [3.8, 4) is 0 Å². The molecule has 1 aliphatic rings. The number of alkyl halides is 3. The summed E-state index contributed by atoms with van der Waals surface area (Å²) in [5.74, 6) is 0.478. The minimum Gasteiger partial charge on any atom is -0.365 e. The van der Waals surface area contributed by atoms with Gasteiger partial charge in [-0.05, 0) is 20.3 Å². The van der Waals surface area contributed by atoms with E-state index in [1.807, 2.05) is 11.8 Å². The van der Waals surface area contributed by atoms with Crippen LogP contribution in [0.5, 0.6) is 0 Å². The van der Waals surface area contributed by atoms with Gasteiger partial charge in [-0.15, -0.1) is 0 Å². The molecular formula is C17H20F3N7O. The number of nitrogens with zero attached hydrogens (tertiary/aromatic N) is 5. The standard InChI is InChI=1S/C17H20F3N7O/c1-9-10(2)24-14(16(28)21-3)26-15(9)27-5-4-11(7-27)25-13-6-12(17(18,19)20)22-8-23-13/h6,8,11H,4-5,7H2,1-3H3,(H,21,28)(H,22,23,25)/t11-/m1/s1. The minimum absolute atomic E-state index is 0.0858. The van der Waals surface area contributed by atoms with Gasteiger partial charge in [0.15, 0.2) is 0 Å². The zero-order chi connectivity index (χ0) is 20.5. The van der Waals surface area contributed by atoms with E-state index in [1.54, 1.807) is 6.92 Å². The highest BCUT2D eigenvalue weighted by atomic mass is 19.4. The Bertz CT molecular complexity index is 888. The second kappa shape index (κ2) is 7.56. The van der Waals surface area contributed by atoms with E-state index in [0.29, 0.717) is 31.0 Å². The maximum absolute atomic E-state index is 12.8. The number of halogens is 3. The van der Waals surface area contributed by atoms with Gasteiger partial charge in [0.2, 0.25) is 5.82 Å². The van der Waals surface area contributed by atoms with E-state index < -0.39 is 11.9 Å². The lowest BCUT2D eigenvalue weighted by Gasteiger charge is -2.21. The largest absolute Gasteiger partial charge is 0.433 e. The number of amides is 1. The summed E-state index contributed by atoms with van der Waals surface area (Å²) >= 11 is 0. The van der Waals surface area contributed by atoms with Crippen LogP contribution in [0.1, 0.15) is 34.0 Å². The third-order valence-electron chi connectivity index (χ3n) is 4.59. The average molecular weight is 395 g/mol. The summed E-state index contributed by atoms with van der Waals surface area (Å²) in [5.41, 5.74) is 0.567. The number of hydrogen-bond donors (Lipinski definition) is 2. The van der Waals surface area contributed by atoms with Crippen molar-refractivity contribution >= 4 is 17.5 Å². The Kier molecular flexibility index (Phi) is 5.34. The molecule has 0 aromatic carbocycles. The maximum Gasteiger partial charge on any atom is 0.433 e. The highest BCUT2D eigenvalue weighted by Gasteiger charge is 2.33. The number of hydrogen-bond acceptors (Lipinski definition) is 7. The van der Waals surface area contributed by atoms with Crippen LogP contribution < -0.4 is 15.5 Å². The van der Waals surface area contributed by atoms with E-state index >= 15 is 0 Å². The van der Waals surface area contributed by atoms with Crippen LogP contribution in [0.4, 0.5) is 24.8 Å². The summed E-state index contributed by atoms with van der Waals surface area (Å²) in [5, 5.41) is 5.52. The maximum atomic E-state index is 12.8. The fourth-order valence-electron chi connectivity index (χ4n) is 3.01. The number of aryl methyl sites for hydroxylation is 1. The topological polar surface area (TPSA) is 95.9 Å². The average Bonchev–Trinajstić information content (AvgIpc) is 3.11. The smallest absolute Gasteiger partial charge is 0.365 e. The van der Waals surface area contributed by atoms with E-state index in [2.05, 4.69) is 30.6 Å². The Labute approximate surface area is 159 Å². The van der Waals surface area contributed by atoms with Crippen LogP contribution in [0.2, 0.25) is 0 Å². The van der Waals surface area contributed by atoms with Crippen molar-refractivity contribution < 1.29 is 18.0 Å². The van der Waals surface area contributed by atoms with Crippen LogP contribution in [0, 0.1) is 13.8 Å². The molecule has 1 fully saturated rings. The Morgan fingerprint density at radius 1 is 1.25 bits per heavy atom. The van der Waals surface area contributed by atoms with Gasteiger partial charge in [-0.25, -0.2) is 19.9 Å². The third-order valence-corrected chi connectivity index (χ3v) is 4.59. The summed E-state index contributed by atoms with van der Waals surface area (Å²) in [6.45, 7) is 4.83. The van der Waals surface area contributed by atoms with Crippen molar-refractivity contribution in [3.63, 3.8) is 0 Å². The van der Waals surface area contributed by atoms with E-state index in [-0.39, 0.29) is 23.6 Å². The number of aromatic nitrogens is 4. The van der Waals surface area contributed by atoms with Gasteiger partial charge in [0.05, 0.1) is 0 Å². The quantitative estimate of drug-likeness (QED) is 0.817. The van der Waals surface area contributed by atoms with Gasteiger partial charge in [-0.1, -0.05) is 0 Å². The van der Waals surface area contributed by atoms with Gasteiger partial charge in [0.1, 0.15) is 23.7 Å². The second-order valence-corrected chi connectivity index (χ2v) is 6.52. The molecule has 2 N–H and O–H groups in total. The molecule has 1 atom stereocenters. The first-order valence-corrected chi connectivity index (χ1v) is 8.67. The van der Waals surface area contributed by atoms with Crippen molar-refractivity contribution in [2.24, 2.45) is 0 Å². The summed E-state index contributed by atoms with van der Waals surface area (Å²) in [4.78, 5) is 29.6. The number of rotatable bonds is 4. The van der Waals surface area contributed by atoms with E-state index in [1.165, 1.54) is 7.05 Å². The molecule has 0 unspecified atom stereocenters. The van der Waals surface area contributed by atoms with Crippen LogP contribution in [0.3, 0.4) is 0 Å². The SMILES string of the molecule is CNC(=O)c1nc(C)c(C)c(N2CC[C@@H](Nc3cc(C(F)(F)F)ncn3)C2)n1. The predicted octanol–water partition coefficient (Wildman–Crippen LogP) is 1.95. The Hall–Kier alpha value is -2.98. The van der Waals surface area contributed by atoms with Crippen molar-refractivity contribution in [3.05, 3.63) is 35.2 Å². The lowest BCUT2D eigenvalue weighted by atomic mass is 10.2. The van der Waals surface area contributed by atoms with Crippen LogP contribution in [-0.4, -0.2) is 52.0 Å². The van der Waals surface area contributed by atoms with Gasteiger partial charge in [-0.3, -0.25) is 4.79 Å². The van der Waals surface area contributed by atoms with E-state index in [4.69, 9.17) is 0 Å². The molecule has 0 spiro atoms. The molecule has 8 nitrogen and oxygen atoms in total. The Balaban J connectivity index is 1.76. The number of carbonyl (C=O) groups excluding carboxylic acids is 1. The minimum atomic E-state index is -4.52. The number of anilines is 2. The highest BCUT2D eigenvalue weighted by Crippen LogP contribution is 2.29. The fraction of sp³-hybridized carbons (Fsp3) is 0.471. The molecule has 1 aliphatic heterocycles. The fourth-order valence-corrected chi connectivity index (χ4v) is 3.01. The summed E-state index contributed by atoms with van der Waals surface area (Å²) in [7, 11) is 1.51. The van der Waals surface area contributed by atoms with Crippen LogP contribution in [-0.2, 0) is 6.18 Å². The van der Waals surface area contributed by atoms with Gasteiger partial charge in [-0.2, -0.15) is 13.2 Å². The first-order chi connectivity index (χ1) is 13.2. The molecule has 0 radical (unpaired) electrons. The molecule has 11 heteroatoms. The van der Waals surface area contributed by atoms with Crippen LogP contribution in [0.25, 0.3) is 0 Å². The van der Waals surface area contributed by atoms with Crippen molar-refractivity contribution in [2.45, 2.75) is 32.5 Å². The lowest BCUT2D eigenvalue weighted by Crippen LogP contribution is -2.29. The monoisotopic (exact) mass is 395 g/mol. The molecule has 0 saturated carbocycles. The Morgan fingerprint density at radius 3 is 2.68 bits per heavy atom. The zero-order valence-electron chi connectivity index (χ0n) is 15.6. The molecule has 2 aromatic heterocycles. The molecule has 28 heavy (non-hydrogen) atoms. The lowest BCUT2D eigenvalue weighted by molar-refractivity contribution is -0.141. The highest BCUT2D eigenvalue weighted by molar-refractivity contribution is 5.90. The van der Waals surface area contributed by atoms with Crippen molar-refractivity contribution in [1.82, 2.24) is 25.3 Å².